The normalized spacial score (nSPS) is 25.8. The van der Waals surface area contributed by atoms with E-state index in [0.717, 1.165) is 6.54 Å². The van der Waals surface area contributed by atoms with E-state index < -0.39 is 5.72 Å². The zero-order valence-electron chi connectivity index (χ0n) is 14.8. The van der Waals surface area contributed by atoms with Gasteiger partial charge < -0.3 is 9.64 Å². The Balaban J connectivity index is 1.51. The van der Waals surface area contributed by atoms with E-state index in [1.165, 1.54) is 11.1 Å². The average Bonchev–Trinajstić information content (AvgIpc) is 2.94. The Kier molecular flexibility index (Phi) is 4.10. The second kappa shape index (κ2) is 6.28. The minimum absolute atomic E-state index is 0.105. The lowest BCUT2D eigenvalue weighted by atomic mass is 9.97. The van der Waals surface area contributed by atoms with Crippen LogP contribution < -0.4 is 0 Å². The van der Waals surface area contributed by atoms with Crippen LogP contribution in [0.15, 0.2) is 60.7 Å². The molecule has 4 heteroatoms. The quantitative estimate of drug-likeness (QED) is 0.804. The van der Waals surface area contributed by atoms with Crippen molar-refractivity contribution in [3.63, 3.8) is 0 Å². The minimum Gasteiger partial charge on any atom is -0.359 e. The fourth-order valence-corrected chi connectivity index (χ4v) is 3.97. The first-order chi connectivity index (χ1) is 12.1. The molecule has 25 heavy (non-hydrogen) atoms. The van der Waals surface area contributed by atoms with E-state index >= 15 is 0 Å². The first-order valence-electron chi connectivity index (χ1n) is 8.86. The third-order valence-corrected chi connectivity index (χ3v) is 5.28. The molecule has 2 fully saturated rings. The molecule has 2 heterocycles. The van der Waals surface area contributed by atoms with Gasteiger partial charge in [-0.3, -0.25) is 9.69 Å². The second-order valence-electron chi connectivity index (χ2n) is 7.31. The van der Waals surface area contributed by atoms with Crippen molar-refractivity contribution in [1.29, 1.82) is 0 Å². The van der Waals surface area contributed by atoms with Gasteiger partial charge in [0.1, 0.15) is 11.8 Å². The Hall–Kier alpha value is -2.17. The van der Waals surface area contributed by atoms with Crippen LogP contribution in [0, 0.1) is 0 Å². The maximum atomic E-state index is 12.8. The van der Waals surface area contributed by atoms with Crippen molar-refractivity contribution < 1.29 is 9.53 Å². The molecular weight excluding hydrogens is 312 g/mol. The molecule has 2 aliphatic rings. The number of β-lactam (4-membered cyclic amide) rings is 1. The summed E-state index contributed by atoms with van der Waals surface area (Å²) in [7, 11) is 0. The topological polar surface area (TPSA) is 32.8 Å². The zero-order valence-corrected chi connectivity index (χ0v) is 14.8. The summed E-state index contributed by atoms with van der Waals surface area (Å²) in [6.07, 6.45) is 0. The number of carbonyl (C=O) groups is 1. The molecule has 1 amide bonds. The monoisotopic (exact) mass is 336 g/mol. The Morgan fingerprint density at radius 1 is 1.00 bits per heavy atom. The van der Waals surface area contributed by atoms with Crippen LogP contribution in [0.3, 0.4) is 0 Å². The fourth-order valence-electron chi connectivity index (χ4n) is 3.97. The van der Waals surface area contributed by atoms with Gasteiger partial charge in [0.15, 0.2) is 0 Å². The van der Waals surface area contributed by atoms with Crippen molar-refractivity contribution in [2.75, 3.05) is 13.2 Å². The van der Waals surface area contributed by atoms with Crippen molar-refractivity contribution in [3.8, 4) is 0 Å². The Morgan fingerprint density at radius 3 is 2.28 bits per heavy atom. The van der Waals surface area contributed by atoms with Gasteiger partial charge in [-0.1, -0.05) is 60.7 Å². The highest BCUT2D eigenvalue weighted by Crippen LogP contribution is 2.41. The molecular formula is C21H24N2O2. The number of rotatable bonds is 4. The molecule has 0 unspecified atom stereocenters. The molecule has 2 aromatic carbocycles. The summed E-state index contributed by atoms with van der Waals surface area (Å²) in [6.45, 7) is 6.18. The first-order valence-corrected chi connectivity index (χ1v) is 8.86. The van der Waals surface area contributed by atoms with Gasteiger partial charge >= 0.3 is 0 Å². The lowest BCUT2D eigenvalue weighted by molar-refractivity contribution is -0.164. The number of nitrogens with zero attached hydrogens (tertiary/aromatic N) is 2. The van der Waals surface area contributed by atoms with Gasteiger partial charge in [-0.05, 0) is 25.0 Å². The van der Waals surface area contributed by atoms with Gasteiger partial charge in [-0.15, -0.1) is 0 Å². The predicted octanol–water partition coefficient (Wildman–Crippen LogP) is 3.21. The van der Waals surface area contributed by atoms with E-state index in [4.69, 9.17) is 4.74 Å². The molecule has 0 aliphatic carbocycles. The number of benzene rings is 2. The van der Waals surface area contributed by atoms with Crippen LogP contribution in [0.4, 0.5) is 0 Å². The highest BCUT2D eigenvalue weighted by molar-refractivity contribution is 5.88. The van der Waals surface area contributed by atoms with Crippen molar-refractivity contribution in [2.24, 2.45) is 0 Å². The average molecular weight is 336 g/mol. The van der Waals surface area contributed by atoms with Crippen molar-refractivity contribution >= 4 is 5.91 Å². The Labute approximate surface area is 149 Å². The SMILES string of the molecule is CC1(C)OC[C@H](c2ccccc2)N1[C@@H]1CN(Cc2ccccc2)C1=O. The molecule has 2 saturated heterocycles. The summed E-state index contributed by atoms with van der Waals surface area (Å²) in [5, 5.41) is 0. The number of likely N-dealkylation sites (tertiary alicyclic amines) is 1. The van der Waals surface area contributed by atoms with Gasteiger partial charge in [0.2, 0.25) is 5.91 Å². The second-order valence-corrected chi connectivity index (χ2v) is 7.31. The Bertz CT molecular complexity index is 745. The molecule has 0 radical (unpaired) electrons. The molecule has 0 aromatic heterocycles. The maximum Gasteiger partial charge on any atom is 0.242 e. The molecule has 0 spiro atoms. The molecule has 4 nitrogen and oxygen atoms in total. The van der Waals surface area contributed by atoms with Crippen molar-refractivity contribution in [2.45, 2.75) is 38.2 Å². The van der Waals surface area contributed by atoms with Crippen LogP contribution in [0.25, 0.3) is 0 Å². The van der Waals surface area contributed by atoms with Crippen LogP contribution in [0.1, 0.15) is 31.0 Å². The van der Waals surface area contributed by atoms with Crippen molar-refractivity contribution in [3.05, 3.63) is 71.8 Å². The lowest BCUT2D eigenvalue weighted by Gasteiger charge is -2.48. The van der Waals surface area contributed by atoms with Gasteiger partial charge in [-0.25, -0.2) is 0 Å². The molecule has 4 rings (SSSR count). The highest BCUT2D eigenvalue weighted by Gasteiger charge is 2.52. The third kappa shape index (κ3) is 2.96. The van der Waals surface area contributed by atoms with Gasteiger partial charge in [0.05, 0.1) is 12.6 Å². The summed E-state index contributed by atoms with van der Waals surface area (Å²) in [6, 6.07) is 20.5. The molecule has 0 saturated carbocycles. The van der Waals surface area contributed by atoms with Gasteiger partial charge in [-0.2, -0.15) is 0 Å². The van der Waals surface area contributed by atoms with Crippen LogP contribution in [-0.4, -0.2) is 40.6 Å². The Morgan fingerprint density at radius 2 is 1.64 bits per heavy atom. The maximum absolute atomic E-state index is 12.8. The first kappa shape index (κ1) is 16.3. The number of amides is 1. The number of hydrogen-bond donors (Lipinski definition) is 0. The lowest BCUT2D eigenvalue weighted by Crippen LogP contribution is -2.66. The summed E-state index contributed by atoms with van der Waals surface area (Å²) in [4.78, 5) is 17.0. The van der Waals surface area contributed by atoms with E-state index in [1.807, 2.05) is 41.3 Å². The van der Waals surface area contributed by atoms with Crippen LogP contribution in [0.2, 0.25) is 0 Å². The minimum atomic E-state index is -0.431. The summed E-state index contributed by atoms with van der Waals surface area (Å²) < 4.78 is 6.03. The molecule has 2 aromatic rings. The van der Waals surface area contributed by atoms with Crippen LogP contribution >= 0.6 is 0 Å². The van der Waals surface area contributed by atoms with Crippen LogP contribution in [0.5, 0.6) is 0 Å². The van der Waals surface area contributed by atoms with Crippen LogP contribution in [-0.2, 0) is 16.1 Å². The fraction of sp³-hybridized carbons (Fsp3) is 0.381. The molecule has 0 N–H and O–H groups in total. The largest absolute Gasteiger partial charge is 0.359 e. The number of hydrogen-bond acceptors (Lipinski definition) is 3. The van der Waals surface area contributed by atoms with Gasteiger partial charge in [0, 0.05) is 13.1 Å². The summed E-state index contributed by atoms with van der Waals surface area (Å²) in [5.41, 5.74) is 1.95. The van der Waals surface area contributed by atoms with Crippen molar-refractivity contribution in [1.82, 2.24) is 9.80 Å². The predicted molar refractivity (Wildman–Crippen MR) is 96.7 cm³/mol. The van der Waals surface area contributed by atoms with E-state index in [-0.39, 0.29) is 18.0 Å². The number of carbonyl (C=O) groups excluding carboxylic acids is 1. The van der Waals surface area contributed by atoms with E-state index in [1.54, 1.807) is 0 Å². The molecule has 0 bridgehead atoms. The molecule has 2 aliphatic heterocycles. The third-order valence-electron chi connectivity index (χ3n) is 5.28. The van der Waals surface area contributed by atoms with Gasteiger partial charge in [0.25, 0.3) is 0 Å². The smallest absolute Gasteiger partial charge is 0.242 e. The zero-order chi connectivity index (χ0) is 17.4. The molecule has 130 valence electrons. The van der Waals surface area contributed by atoms with E-state index in [0.29, 0.717) is 13.2 Å². The highest BCUT2D eigenvalue weighted by atomic mass is 16.5. The van der Waals surface area contributed by atoms with E-state index in [2.05, 4.69) is 43.0 Å². The standard InChI is InChI=1S/C21H24N2O2/c1-21(2)23(19(15-25-21)17-11-7-4-8-12-17)18-14-22(20(18)24)13-16-9-5-3-6-10-16/h3-12,18-19H,13-15H2,1-2H3/t18-,19-/m1/s1. The summed E-state index contributed by atoms with van der Waals surface area (Å²) in [5.74, 6) is 0.198. The summed E-state index contributed by atoms with van der Waals surface area (Å²) >= 11 is 0. The van der Waals surface area contributed by atoms with E-state index in [9.17, 15) is 4.79 Å². The number of ether oxygens (including phenoxy) is 1. The molecule has 2 atom stereocenters.